The number of nitro groups is 2. The number of ether oxygens (including phenoxy) is 2. The molecule has 0 bridgehead atoms. The first-order valence-electron chi connectivity index (χ1n) is 7.49. The maximum Gasteiger partial charge on any atom is 0.363 e. The van der Waals surface area contributed by atoms with Gasteiger partial charge in [0, 0.05) is 23.8 Å². The van der Waals surface area contributed by atoms with Crippen LogP contribution in [0.25, 0.3) is 6.08 Å². The van der Waals surface area contributed by atoms with Gasteiger partial charge >= 0.3 is 11.7 Å². The lowest BCUT2D eigenvalue weighted by Crippen LogP contribution is -2.06. The number of non-ortho nitro benzene ring substituents is 1. The van der Waals surface area contributed by atoms with E-state index in [0.29, 0.717) is 5.56 Å². The van der Waals surface area contributed by atoms with E-state index in [1.165, 1.54) is 49.6 Å². The average molecular weight is 369 g/mol. The molecule has 0 N–H and O–H groups in total. The molecule has 0 amide bonds. The molecule has 10 nitrogen and oxygen atoms in total. The molecule has 0 radical (unpaired) electrons. The minimum Gasteiger partial charge on any atom is -0.490 e. The molecule has 10 heteroatoms. The summed E-state index contributed by atoms with van der Waals surface area (Å²) in [6.07, 6.45) is 1.33. The maximum atomic E-state index is 12.0. The van der Waals surface area contributed by atoms with Gasteiger partial charge in [-0.2, -0.15) is 0 Å². The van der Waals surface area contributed by atoms with Crippen molar-refractivity contribution in [3.05, 3.63) is 79.5 Å². The van der Waals surface area contributed by atoms with Crippen LogP contribution in [-0.4, -0.2) is 28.8 Å². The molecular formula is C17H11N3O7. The first-order valence-corrected chi connectivity index (χ1v) is 7.49. The molecular weight excluding hydrogens is 358 g/mol. The van der Waals surface area contributed by atoms with Gasteiger partial charge in [0.05, 0.1) is 17.0 Å². The Kier molecular flexibility index (Phi) is 4.62. The molecule has 0 atom stereocenters. The minimum absolute atomic E-state index is 0.0565. The molecule has 1 aliphatic heterocycles. The predicted octanol–water partition coefficient (Wildman–Crippen LogP) is 2.86. The summed E-state index contributed by atoms with van der Waals surface area (Å²) in [6, 6.07) is 9.66. The van der Waals surface area contributed by atoms with Crippen molar-refractivity contribution in [1.82, 2.24) is 0 Å². The largest absolute Gasteiger partial charge is 0.490 e. The van der Waals surface area contributed by atoms with E-state index in [-0.39, 0.29) is 34.3 Å². The summed E-state index contributed by atoms with van der Waals surface area (Å²) in [6.45, 7) is 0. The highest BCUT2D eigenvalue weighted by molar-refractivity contribution is 6.13. The molecule has 0 aromatic heterocycles. The Labute approximate surface area is 151 Å². The van der Waals surface area contributed by atoms with Gasteiger partial charge in [-0.3, -0.25) is 20.2 Å². The number of aliphatic imine (C=N–C) groups is 1. The Bertz CT molecular complexity index is 1030. The third kappa shape index (κ3) is 3.63. The summed E-state index contributed by atoms with van der Waals surface area (Å²) in [4.78, 5) is 36.8. The number of carbonyl (C=O) groups excluding carboxylic acids is 1. The van der Waals surface area contributed by atoms with E-state index >= 15 is 0 Å². The van der Waals surface area contributed by atoms with Gasteiger partial charge in [0.25, 0.3) is 5.69 Å². The topological polar surface area (TPSA) is 134 Å². The van der Waals surface area contributed by atoms with Crippen LogP contribution < -0.4 is 4.74 Å². The average Bonchev–Trinajstić information content (AvgIpc) is 3.01. The Morgan fingerprint density at radius 1 is 1.11 bits per heavy atom. The SMILES string of the molecule is COc1ccc(C2=N/C(=C\c3cccc([N+](=O)[O-])c3)C(=O)O2)cc1[N+](=O)[O-]. The number of rotatable bonds is 5. The fourth-order valence-corrected chi connectivity index (χ4v) is 2.38. The van der Waals surface area contributed by atoms with Crippen LogP contribution in [0.2, 0.25) is 0 Å². The van der Waals surface area contributed by atoms with E-state index < -0.39 is 15.8 Å². The van der Waals surface area contributed by atoms with E-state index in [0.717, 1.165) is 0 Å². The molecule has 0 saturated carbocycles. The molecule has 1 heterocycles. The summed E-state index contributed by atoms with van der Waals surface area (Å²) in [5, 5.41) is 21.9. The third-order valence-corrected chi connectivity index (χ3v) is 3.63. The van der Waals surface area contributed by atoms with Crippen LogP contribution in [0.3, 0.4) is 0 Å². The smallest absolute Gasteiger partial charge is 0.363 e. The number of esters is 1. The second-order valence-electron chi connectivity index (χ2n) is 5.33. The van der Waals surface area contributed by atoms with Gasteiger partial charge in [0.2, 0.25) is 5.90 Å². The molecule has 3 rings (SSSR count). The molecule has 27 heavy (non-hydrogen) atoms. The number of hydrogen-bond donors (Lipinski definition) is 0. The van der Waals surface area contributed by atoms with E-state index in [4.69, 9.17) is 9.47 Å². The standard InChI is InChI=1S/C17H11N3O7/c1-26-15-6-5-11(9-14(15)20(24)25)16-18-13(17(21)27-16)8-10-3-2-4-12(7-10)19(22)23/h2-9H,1H3/b13-8-. The third-order valence-electron chi connectivity index (χ3n) is 3.63. The zero-order chi connectivity index (χ0) is 19.6. The Morgan fingerprint density at radius 2 is 1.89 bits per heavy atom. The lowest BCUT2D eigenvalue weighted by atomic mass is 10.1. The van der Waals surface area contributed by atoms with Crippen LogP contribution in [0.4, 0.5) is 11.4 Å². The molecule has 136 valence electrons. The maximum absolute atomic E-state index is 12.0. The van der Waals surface area contributed by atoms with Crippen LogP contribution in [0.15, 0.2) is 53.2 Å². The Hall–Kier alpha value is -4.08. The number of nitrogens with zero attached hydrogens (tertiary/aromatic N) is 3. The summed E-state index contributed by atoms with van der Waals surface area (Å²) in [5.41, 5.74) is 0.0969. The van der Waals surface area contributed by atoms with Crippen LogP contribution in [0, 0.1) is 20.2 Å². The number of methoxy groups -OCH3 is 1. The van der Waals surface area contributed by atoms with E-state index in [9.17, 15) is 25.0 Å². The highest BCUT2D eigenvalue weighted by Gasteiger charge is 2.26. The fourth-order valence-electron chi connectivity index (χ4n) is 2.38. The van der Waals surface area contributed by atoms with Gasteiger partial charge in [-0.1, -0.05) is 12.1 Å². The Morgan fingerprint density at radius 3 is 2.56 bits per heavy atom. The second-order valence-corrected chi connectivity index (χ2v) is 5.33. The first kappa shape index (κ1) is 17.7. The molecule has 1 aliphatic rings. The normalized spacial score (nSPS) is 14.6. The number of cyclic esters (lactones) is 1. The fraction of sp³-hybridized carbons (Fsp3) is 0.0588. The lowest BCUT2D eigenvalue weighted by Gasteiger charge is -2.03. The van der Waals surface area contributed by atoms with Crippen LogP contribution in [-0.2, 0) is 9.53 Å². The molecule has 0 spiro atoms. The summed E-state index contributed by atoms with van der Waals surface area (Å²) in [7, 11) is 1.30. The van der Waals surface area contributed by atoms with Crippen molar-refractivity contribution in [2.45, 2.75) is 0 Å². The Balaban J connectivity index is 1.97. The van der Waals surface area contributed by atoms with E-state index in [1.54, 1.807) is 6.07 Å². The van der Waals surface area contributed by atoms with Gasteiger partial charge in [-0.05, 0) is 23.8 Å². The van der Waals surface area contributed by atoms with Crippen LogP contribution in [0.1, 0.15) is 11.1 Å². The monoisotopic (exact) mass is 369 g/mol. The van der Waals surface area contributed by atoms with Gasteiger partial charge < -0.3 is 9.47 Å². The van der Waals surface area contributed by atoms with Gasteiger partial charge in [-0.25, -0.2) is 9.79 Å². The first-order chi connectivity index (χ1) is 12.9. The highest BCUT2D eigenvalue weighted by Crippen LogP contribution is 2.29. The predicted molar refractivity (Wildman–Crippen MR) is 93.4 cm³/mol. The molecule has 0 unspecified atom stereocenters. The van der Waals surface area contributed by atoms with Crippen LogP contribution in [0.5, 0.6) is 5.75 Å². The summed E-state index contributed by atoms with van der Waals surface area (Å²) >= 11 is 0. The molecule has 0 aliphatic carbocycles. The van der Waals surface area contributed by atoms with Crippen molar-refractivity contribution in [3.8, 4) is 5.75 Å². The molecule has 0 saturated heterocycles. The number of carbonyl (C=O) groups is 1. The van der Waals surface area contributed by atoms with Crippen LogP contribution >= 0.6 is 0 Å². The van der Waals surface area contributed by atoms with Gasteiger partial charge in [0.15, 0.2) is 11.4 Å². The number of benzene rings is 2. The van der Waals surface area contributed by atoms with E-state index in [1.807, 2.05) is 0 Å². The molecule has 2 aromatic rings. The van der Waals surface area contributed by atoms with Crippen molar-refractivity contribution in [2.24, 2.45) is 4.99 Å². The highest BCUT2D eigenvalue weighted by atomic mass is 16.6. The minimum atomic E-state index is -0.769. The van der Waals surface area contributed by atoms with Crippen molar-refractivity contribution in [2.75, 3.05) is 7.11 Å². The number of nitro benzene ring substituents is 2. The lowest BCUT2D eigenvalue weighted by molar-refractivity contribution is -0.385. The molecule has 2 aromatic carbocycles. The van der Waals surface area contributed by atoms with Crippen molar-refractivity contribution < 1.29 is 24.1 Å². The van der Waals surface area contributed by atoms with Gasteiger partial charge in [-0.15, -0.1) is 0 Å². The zero-order valence-corrected chi connectivity index (χ0v) is 13.8. The van der Waals surface area contributed by atoms with Gasteiger partial charge in [0.1, 0.15) is 0 Å². The van der Waals surface area contributed by atoms with E-state index in [2.05, 4.69) is 4.99 Å². The van der Waals surface area contributed by atoms with Crippen molar-refractivity contribution >= 4 is 29.3 Å². The summed E-state index contributed by atoms with van der Waals surface area (Å²) in [5.74, 6) is -0.821. The summed E-state index contributed by atoms with van der Waals surface area (Å²) < 4.78 is 9.98. The van der Waals surface area contributed by atoms with Crippen molar-refractivity contribution in [1.29, 1.82) is 0 Å². The number of hydrogen-bond acceptors (Lipinski definition) is 8. The van der Waals surface area contributed by atoms with Crippen molar-refractivity contribution in [3.63, 3.8) is 0 Å². The molecule has 0 fully saturated rings. The second kappa shape index (κ2) is 7.04. The quantitative estimate of drug-likeness (QED) is 0.342. The zero-order valence-electron chi connectivity index (χ0n) is 13.8.